The maximum atomic E-state index is 10.9. The summed E-state index contributed by atoms with van der Waals surface area (Å²) in [6.45, 7) is 1.54. The lowest BCUT2D eigenvalue weighted by atomic mass is 10.2. The fourth-order valence-electron chi connectivity index (χ4n) is 1.43. The van der Waals surface area contributed by atoms with Crippen molar-refractivity contribution < 1.29 is 4.79 Å². The third-order valence-electron chi connectivity index (χ3n) is 2.05. The average molecular weight is 292 g/mol. The van der Waals surface area contributed by atoms with Crippen LogP contribution in [0.5, 0.6) is 0 Å². The lowest BCUT2D eigenvalue weighted by Gasteiger charge is -2.09. The first-order valence-corrected chi connectivity index (χ1v) is 7.10. The monoisotopic (exact) mass is 291 g/mol. The van der Waals surface area contributed by atoms with Crippen LogP contribution in [0.4, 0.5) is 5.00 Å². The zero-order chi connectivity index (χ0) is 10.1. The van der Waals surface area contributed by atoms with E-state index in [2.05, 4.69) is 21.2 Å². The number of fused-ring (bicyclic) bond motifs is 1. The van der Waals surface area contributed by atoms with E-state index in [4.69, 9.17) is 0 Å². The minimum atomic E-state index is -0.00282. The van der Waals surface area contributed by atoms with Gasteiger partial charge in [-0.3, -0.25) is 4.79 Å². The Morgan fingerprint density at radius 2 is 2.36 bits per heavy atom. The van der Waals surface area contributed by atoms with Gasteiger partial charge in [0, 0.05) is 17.6 Å². The Kier molecular flexibility index (Phi) is 3.19. The van der Waals surface area contributed by atoms with Gasteiger partial charge >= 0.3 is 0 Å². The average Bonchev–Trinajstić information content (AvgIpc) is 2.44. The van der Waals surface area contributed by atoms with E-state index in [9.17, 15) is 4.79 Å². The second-order valence-electron chi connectivity index (χ2n) is 3.13. The first kappa shape index (κ1) is 10.5. The van der Waals surface area contributed by atoms with Crippen LogP contribution < -0.4 is 5.32 Å². The smallest absolute Gasteiger partial charge is 0.221 e. The number of amides is 1. The van der Waals surface area contributed by atoms with E-state index in [0.717, 1.165) is 21.6 Å². The number of anilines is 1. The first-order chi connectivity index (χ1) is 6.68. The highest BCUT2D eigenvalue weighted by Crippen LogP contribution is 2.42. The van der Waals surface area contributed by atoms with E-state index in [-0.39, 0.29) is 5.91 Å². The summed E-state index contributed by atoms with van der Waals surface area (Å²) < 4.78 is 1.09. The van der Waals surface area contributed by atoms with Crippen LogP contribution in [0.25, 0.3) is 0 Å². The predicted molar refractivity (Wildman–Crippen MR) is 66.2 cm³/mol. The second kappa shape index (κ2) is 4.24. The molecular weight excluding hydrogens is 282 g/mol. The number of carbonyl (C=O) groups excluding carboxylic acids is 1. The summed E-state index contributed by atoms with van der Waals surface area (Å²) in [6, 6.07) is 0. The van der Waals surface area contributed by atoms with Crippen LogP contribution in [0.2, 0.25) is 0 Å². The molecule has 0 aliphatic carbocycles. The molecule has 5 heteroatoms. The van der Waals surface area contributed by atoms with Crippen LogP contribution in [0.3, 0.4) is 0 Å². The Labute approximate surface area is 99.6 Å². The third-order valence-corrected chi connectivity index (χ3v) is 5.50. The van der Waals surface area contributed by atoms with Gasteiger partial charge in [0.1, 0.15) is 5.00 Å². The van der Waals surface area contributed by atoms with Gasteiger partial charge in [0.25, 0.3) is 0 Å². The Balaban J connectivity index is 2.33. The summed E-state index contributed by atoms with van der Waals surface area (Å²) >= 11 is 7.20. The summed E-state index contributed by atoms with van der Waals surface area (Å²) in [5.74, 6) is 2.26. The van der Waals surface area contributed by atoms with Crippen LogP contribution in [0.1, 0.15) is 17.4 Å². The van der Waals surface area contributed by atoms with Crippen LogP contribution >= 0.6 is 39.0 Å². The van der Waals surface area contributed by atoms with Crippen molar-refractivity contribution in [2.45, 2.75) is 19.1 Å². The van der Waals surface area contributed by atoms with Crippen molar-refractivity contribution in [2.75, 3.05) is 11.1 Å². The van der Waals surface area contributed by atoms with Gasteiger partial charge in [-0.2, -0.15) is 11.8 Å². The molecule has 0 saturated carbocycles. The number of thioether (sulfide) groups is 1. The molecule has 0 saturated heterocycles. The normalized spacial score (nSPS) is 15.0. The van der Waals surface area contributed by atoms with Gasteiger partial charge in [0.15, 0.2) is 0 Å². The number of carbonyl (C=O) groups is 1. The van der Waals surface area contributed by atoms with Crippen LogP contribution in [0, 0.1) is 0 Å². The van der Waals surface area contributed by atoms with E-state index < -0.39 is 0 Å². The van der Waals surface area contributed by atoms with Gasteiger partial charge in [-0.15, -0.1) is 11.3 Å². The molecule has 2 nitrogen and oxygen atoms in total. The number of thiophene rings is 1. The largest absolute Gasteiger partial charge is 0.317 e. The van der Waals surface area contributed by atoms with Crippen LogP contribution in [-0.4, -0.2) is 11.7 Å². The maximum Gasteiger partial charge on any atom is 0.221 e. The Morgan fingerprint density at radius 1 is 1.57 bits per heavy atom. The molecule has 1 N–H and O–H groups in total. The summed E-state index contributed by atoms with van der Waals surface area (Å²) in [7, 11) is 0. The zero-order valence-corrected chi connectivity index (χ0v) is 10.9. The van der Waals surface area contributed by atoms with Crippen molar-refractivity contribution in [2.24, 2.45) is 0 Å². The summed E-state index contributed by atoms with van der Waals surface area (Å²) in [5.41, 5.74) is 1.39. The number of hydrogen-bond acceptors (Lipinski definition) is 3. The number of nitrogens with one attached hydrogen (secondary N) is 1. The molecule has 0 radical (unpaired) electrons. The van der Waals surface area contributed by atoms with Crippen LogP contribution in [0.15, 0.2) is 4.47 Å². The van der Waals surface area contributed by atoms with E-state index in [1.54, 1.807) is 18.3 Å². The van der Waals surface area contributed by atoms with Gasteiger partial charge in [-0.05, 0) is 33.7 Å². The molecule has 0 fully saturated rings. The Bertz CT molecular complexity index is 375. The molecule has 1 aromatic heterocycles. The van der Waals surface area contributed by atoms with Gasteiger partial charge in [0.05, 0.1) is 4.47 Å². The Hall–Kier alpha value is -0.000000000000000111. The molecule has 2 rings (SSSR count). The molecule has 1 aromatic rings. The highest BCUT2D eigenvalue weighted by molar-refractivity contribution is 9.10. The van der Waals surface area contributed by atoms with E-state index in [0.29, 0.717) is 0 Å². The lowest BCUT2D eigenvalue weighted by Crippen LogP contribution is -2.04. The van der Waals surface area contributed by atoms with Crippen molar-refractivity contribution in [1.29, 1.82) is 0 Å². The molecule has 0 spiro atoms. The first-order valence-electron chi connectivity index (χ1n) is 4.34. The molecule has 1 amide bonds. The predicted octanol–water partition coefficient (Wildman–Crippen LogP) is 3.26. The fraction of sp³-hybridized carbons (Fsp3) is 0.444. The SMILES string of the molecule is CC(=O)Nc1sc2c(c1Br)CCSC2. The lowest BCUT2D eigenvalue weighted by molar-refractivity contribution is -0.114. The van der Waals surface area contributed by atoms with E-state index >= 15 is 0 Å². The van der Waals surface area contributed by atoms with Crippen molar-refractivity contribution in [1.82, 2.24) is 0 Å². The highest BCUT2D eigenvalue weighted by Gasteiger charge is 2.19. The van der Waals surface area contributed by atoms with Gasteiger partial charge in [0.2, 0.25) is 5.91 Å². The molecule has 0 atom stereocenters. The minimum absolute atomic E-state index is 0.00282. The minimum Gasteiger partial charge on any atom is -0.317 e. The van der Waals surface area contributed by atoms with Gasteiger partial charge in [-0.25, -0.2) is 0 Å². The molecule has 0 aromatic carbocycles. The van der Waals surface area contributed by atoms with Gasteiger partial charge in [-0.1, -0.05) is 0 Å². The quantitative estimate of drug-likeness (QED) is 0.861. The summed E-state index contributed by atoms with van der Waals surface area (Å²) in [4.78, 5) is 12.3. The third kappa shape index (κ3) is 1.99. The number of rotatable bonds is 1. The van der Waals surface area contributed by atoms with E-state index in [1.807, 2.05) is 11.8 Å². The molecule has 1 aliphatic rings. The van der Waals surface area contributed by atoms with Crippen molar-refractivity contribution >= 4 is 49.9 Å². The zero-order valence-electron chi connectivity index (χ0n) is 7.72. The van der Waals surface area contributed by atoms with Crippen LogP contribution in [-0.2, 0) is 17.0 Å². The van der Waals surface area contributed by atoms with E-state index in [1.165, 1.54) is 16.2 Å². The molecule has 14 heavy (non-hydrogen) atoms. The van der Waals surface area contributed by atoms with Crippen molar-refractivity contribution in [3.8, 4) is 0 Å². The topological polar surface area (TPSA) is 29.1 Å². The summed E-state index contributed by atoms with van der Waals surface area (Å²) in [6.07, 6.45) is 1.11. The maximum absolute atomic E-state index is 10.9. The molecule has 0 unspecified atom stereocenters. The second-order valence-corrected chi connectivity index (χ2v) is 6.13. The standard InChI is InChI=1S/C9H10BrNOS2/c1-5(12)11-9-8(10)6-2-3-13-4-7(6)14-9/h2-4H2,1H3,(H,11,12). The fourth-order valence-corrected chi connectivity index (χ4v) is 4.66. The summed E-state index contributed by atoms with van der Waals surface area (Å²) in [5, 5.41) is 3.82. The molecule has 2 heterocycles. The molecule has 0 bridgehead atoms. The van der Waals surface area contributed by atoms with Crippen molar-refractivity contribution in [3.05, 3.63) is 14.9 Å². The van der Waals surface area contributed by atoms with Gasteiger partial charge < -0.3 is 5.32 Å². The number of hydrogen-bond donors (Lipinski definition) is 1. The van der Waals surface area contributed by atoms with Crippen molar-refractivity contribution in [3.63, 3.8) is 0 Å². The molecule has 76 valence electrons. The Morgan fingerprint density at radius 3 is 3.00 bits per heavy atom. The molecular formula is C9H10BrNOS2. The molecule has 1 aliphatic heterocycles. The highest BCUT2D eigenvalue weighted by atomic mass is 79.9. The number of halogens is 1.